The molecule has 2 aromatic carbocycles. The average molecular weight is 302 g/mol. The number of aryl methyl sites for hydroxylation is 1. The van der Waals surface area contributed by atoms with Crippen molar-refractivity contribution in [3.63, 3.8) is 0 Å². The second kappa shape index (κ2) is 5.58. The number of nitrogens with zero attached hydrogens (tertiary/aromatic N) is 1. The van der Waals surface area contributed by atoms with Crippen molar-refractivity contribution < 1.29 is 4.39 Å². The summed E-state index contributed by atoms with van der Waals surface area (Å²) in [6.45, 7) is 1.85. The third-order valence-corrected chi connectivity index (χ3v) is 3.44. The van der Waals surface area contributed by atoms with Crippen LogP contribution in [0.15, 0.2) is 48.5 Å². The molecule has 0 spiro atoms. The van der Waals surface area contributed by atoms with Crippen LogP contribution in [0.3, 0.4) is 0 Å². The van der Waals surface area contributed by atoms with E-state index in [1.807, 2.05) is 37.3 Å². The van der Waals surface area contributed by atoms with Crippen molar-refractivity contribution in [2.75, 3.05) is 5.32 Å². The van der Waals surface area contributed by atoms with Gasteiger partial charge in [-0.05, 0) is 48.4 Å². The monoisotopic (exact) mass is 301 g/mol. The van der Waals surface area contributed by atoms with Gasteiger partial charge in [0.1, 0.15) is 5.82 Å². The smallest absolute Gasteiger partial charge is 0.152 e. The minimum absolute atomic E-state index is 0.248. The summed E-state index contributed by atoms with van der Waals surface area (Å²) in [4.78, 5) is 0. The van der Waals surface area contributed by atoms with Gasteiger partial charge in [-0.1, -0.05) is 23.7 Å². The fraction of sp³-hybridized carbons (Fsp3) is 0.0625. The summed E-state index contributed by atoms with van der Waals surface area (Å²) in [6, 6.07) is 14.0. The van der Waals surface area contributed by atoms with Gasteiger partial charge in [0.15, 0.2) is 5.82 Å². The fourth-order valence-corrected chi connectivity index (χ4v) is 2.19. The molecule has 0 fully saturated rings. The number of hydrogen-bond donors (Lipinski definition) is 2. The highest BCUT2D eigenvalue weighted by Crippen LogP contribution is 2.25. The Morgan fingerprint density at radius 2 is 1.86 bits per heavy atom. The molecule has 3 rings (SSSR count). The van der Waals surface area contributed by atoms with E-state index in [1.54, 1.807) is 6.07 Å². The van der Waals surface area contributed by atoms with Crippen molar-refractivity contribution in [2.24, 2.45) is 0 Å². The number of nitrogens with one attached hydrogen (secondary N) is 2. The highest BCUT2D eigenvalue weighted by molar-refractivity contribution is 6.30. The first kappa shape index (κ1) is 13.6. The van der Waals surface area contributed by atoms with Crippen LogP contribution in [-0.4, -0.2) is 10.2 Å². The summed E-state index contributed by atoms with van der Waals surface area (Å²) >= 11 is 5.87. The number of anilines is 2. The number of aromatic amines is 1. The average Bonchev–Trinajstić information content (AvgIpc) is 2.91. The van der Waals surface area contributed by atoms with E-state index in [2.05, 4.69) is 15.5 Å². The molecule has 0 aliphatic heterocycles. The Morgan fingerprint density at radius 3 is 2.57 bits per heavy atom. The molecule has 1 heterocycles. The molecule has 0 bridgehead atoms. The quantitative estimate of drug-likeness (QED) is 0.721. The third-order valence-electron chi connectivity index (χ3n) is 3.18. The molecule has 0 atom stereocenters. The van der Waals surface area contributed by atoms with Crippen LogP contribution in [-0.2, 0) is 0 Å². The van der Waals surface area contributed by atoms with Gasteiger partial charge < -0.3 is 5.32 Å². The summed E-state index contributed by atoms with van der Waals surface area (Å²) in [7, 11) is 0. The zero-order valence-corrected chi connectivity index (χ0v) is 12.1. The van der Waals surface area contributed by atoms with Crippen molar-refractivity contribution in [2.45, 2.75) is 6.92 Å². The lowest BCUT2D eigenvalue weighted by Gasteiger charge is -2.06. The molecule has 106 valence electrons. The topological polar surface area (TPSA) is 40.7 Å². The van der Waals surface area contributed by atoms with E-state index < -0.39 is 0 Å². The Kier molecular flexibility index (Phi) is 3.62. The number of halogens is 2. The Balaban J connectivity index is 1.83. The van der Waals surface area contributed by atoms with Gasteiger partial charge in [-0.25, -0.2) is 4.39 Å². The molecule has 0 unspecified atom stereocenters. The van der Waals surface area contributed by atoms with E-state index in [4.69, 9.17) is 11.6 Å². The lowest BCUT2D eigenvalue weighted by molar-refractivity contribution is 0.627. The van der Waals surface area contributed by atoms with E-state index in [1.165, 1.54) is 12.1 Å². The Bertz CT molecular complexity index is 765. The predicted molar refractivity (Wildman–Crippen MR) is 83.5 cm³/mol. The maximum absolute atomic E-state index is 13.1. The van der Waals surface area contributed by atoms with Gasteiger partial charge in [0, 0.05) is 16.8 Å². The molecule has 0 amide bonds. The van der Waals surface area contributed by atoms with Gasteiger partial charge in [0.05, 0.1) is 5.69 Å². The predicted octanol–water partition coefficient (Wildman–Crippen LogP) is 4.92. The highest BCUT2D eigenvalue weighted by atomic mass is 35.5. The second-order valence-corrected chi connectivity index (χ2v) is 5.19. The maximum Gasteiger partial charge on any atom is 0.152 e. The van der Waals surface area contributed by atoms with E-state index in [-0.39, 0.29) is 5.82 Å². The first-order chi connectivity index (χ1) is 10.1. The standard InChI is InChI=1S/C16H13ClFN3/c1-10-8-13(18)6-7-14(10)19-16-9-15(20-21-16)11-2-4-12(17)5-3-11/h2-9H,1H3,(H2,19,20,21). The minimum Gasteiger partial charge on any atom is -0.339 e. The SMILES string of the molecule is Cc1cc(F)ccc1Nc1cc(-c2ccc(Cl)cc2)[nH]n1. The zero-order valence-electron chi connectivity index (χ0n) is 11.3. The van der Waals surface area contributed by atoms with Crippen molar-refractivity contribution in [1.82, 2.24) is 10.2 Å². The summed E-state index contributed by atoms with van der Waals surface area (Å²) in [5, 5.41) is 11.0. The van der Waals surface area contributed by atoms with E-state index in [0.29, 0.717) is 10.8 Å². The van der Waals surface area contributed by atoms with Crippen molar-refractivity contribution in [3.8, 4) is 11.3 Å². The van der Waals surface area contributed by atoms with Gasteiger partial charge in [0.2, 0.25) is 0 Å². The number of aromatic nitrogens is 2. The number of H-pyrrole nitrogens is 1. The molecule has 0 saturated heterocycles. The molecule has 5 heteroatoms. The van der Waals surface area contributed by atoms with E-state index >= 15 is 0 Å². The highest BCUT2D eigenvalue weighted by Gasteiger charge is 2.06. The molecule has 3 aromatic rings. The first-order valence-electron chi connectivity index (χ1n) is 6.46. The van der Waals surface area contributed by atoms with Crippen LogP contribution >= 0.6 is 11.6 Å². The van der Waals surface area contributed by atoms with Crippen LogP contribution in [0.2, 0.25) is 5.02 Å². The van der Waals surface area contributed by atoms with Gasteiger partial charge in [0.25, 0.3) is 0 Å². The summed E-state index contributed by atoms with van der Waals surface area (Å²) in [5.41, 5.74) is 3.53. The van der Waals surface area contributed by atoms with Crippen LogP contribution in [0.4, 0.5) is 15.9 Å². The number of rotatable bonds is 3. The molecule has 3 nitrogen and oxygen atoms in total. The Labute approximate surface area is 126 Å². The van der Waals surface area contributed by atoms with Gasteiger partial charge >= 0.3 is 0 Å². The molecular formula is C16H13ClFN3. The van der Waals surface area contributed by atoms with Crippen LogP contribution in [0, 0.1) is 12.7 Å². The molecule has 21 heavy (non-hydrogen) atoms. The van der Waals surface area contributed by atoms with E-state index in [9.17, 15) is 4.39 Å². The zero-order chi connectivity index (χ0) is 14.8. The molecule has 1 aromatic heterocycles. The van der Waals surface area contributed by atoms with Crippen LogP contribution in [0.5, 0.6) is 0 Å². The molecule has 0 aliphatic carbocycles. The van der Waals surface area contributed by atoms with Crippen molar-refractivity contribution in [3.05, 3.63) is 64.9 Å². The van der Waals surface area contributed by atoms with Gasteiger partial charge in [-0.3, -0.25) is 5.10 Å². The summed E-state index contributed by atoms with van der Waals surface area (Å²) < 4.78 is 13.1. The fourth-order valence-electron chi connectivity index (χ4n) is 2.07. The van der Waals surface area contributed by atoms with E-state index in [0.717, 1.165) is 22.5 Å². The number of hydrogen-bond acceptors (Lipinski definition) is 2. The molecule has 0 saturated carbocycles. The van der Waals surface area contributed by atoms with Crippen LogP contribution < -0.4 is 5.32 Å². The van der Waals surface area contributed by atoms with Gasteiger partial charge in [-0.2, -0.15) is 5.10 Å². The normalized spacial score (nSPS) is 10.6. The van der Waals surface area contributed by atoms with Crippen LogP contribution in [0.25, 0.3) is 11.3 Å². The lowest BCUT2D eigenvalue weighted by atomic mass is 10.1. The summed E-state index contributed by atoms with van der Waals surface area (Å²) in [6.07, 6.45) is 0. The summed E-state index contributed by atoms with van der Waals surface area (Å²) in [5.74, 6) is 0.427. The molecule has 0 aliphatic rings. The van der Waals surface area contributed by atoms with Gasteiger partial charge in [-0.15, -0.1) is 0 Å². The molecular weight excluding hydrogens is 289 g/mol. The first-order valence-corrected chi connectivity index (χ1v) is 6.84. The second-order valence-electron chi connectivity index (χ2n) is 4.76. The van der Waals surface area contributed by atoms with Crippen LogP contribution in [0.1, 0.15) is 5.56 Å². The number of benzene rings is 2. The Morgan fingerprint density at radius 1 is 1.10 bits per heavy atom. The van der Waals surface area contributed by atoms with Crippen molar-refractivity contribution in [1.29, 1.82) is 0 Å². The molecule has 0 radical (unpaired) electrons. The lowest BCUT2D eigenvalue weighted by Crippen LogP contribution is -1.93. The third kappa shape index (κ3) is 3.06. The maximum atomic E-state index is 13.1. The van der Waals surface area contributed by atoms with Crippen molar-refractivity contribution >= 4 is 23.1 Å². The molecule has 2 N–H and O–H groups in total. The largest absolute Gasteiger partial charge is 0.339 e. The minimum atomic E-state index is -0.248. The Hall–Kier alpha value is -2.33.